The number of rotatable bonds is 6. The summed E-state index contributed by atoms with van der Waals surface area (Å²) in [6, 6.07) is 21.0. The second-order valence-electron chi connectivity index (χ2n) is 6.63. The van der Waals surface area contributed by atoms with E-state index in [9.17, 15) is 9.59 Å². The zero-order valence-electron chi connectivity index (χ0n) is 15.6. The molecule has 0 radical (unpaired) electrons. The molecule has 1 aromatic heterocycles. The largest absolute Gasteiger partial charge is 0.465 e. The number of anilines is 1. The summed E-state index contributed by atoms with van der Waals surface area (Å²) >= 11 is 0. The molecule has 6 heteroatoms. The first kappa shape index (κ1) is 18.4. The molecule has 0 aliphatic rings. The fourth-order valence-corrected chi connectivity index (χ4v) is 3.46. The van der Waals surface area contributed by atoms with Crippen molar-refractivity contribution in [3.05, 3.63) is 90.5 Å². The zero-order chi connectivity index (χ0) is 20.2. The predicted octanol–water partition coefficient (Wildman–Crippen LogP) is 4.93. The van der Waals surface area contributed by atoms with Crippen LogP contribution in [0, 0.1) is 0 Å². The molecule has 3 aromatic carbocycles. The SMILES string of the molecule is O=C(O)Nc1ccccc1CCC(=O)c1nccn1-c1cccc2ccccc12. The smallest absolute Gasteiger partial charge is 0.409 e. The predicted molar refractivity (Wildman–Crippen MR) is 112 cm³/mol. The van der Waals surface area contributed by atoms with E-state index in [-0.39, 0.29) is 12.2 Å². The fourth-order valence-electron chi connectivity index (χ4n) is 3.46. The van der Waals surface area contributed by atoms with Gasteiger partial charge >= 0.3 is 6.09 Å². The number of Topliss-reactive ketones (excluding diaryl/α,β-unsaturated/α-hetero) is 1. The number of nitrogens with zero attached hydrogens (tertiary/aromatic N) is 2. The molecule has 1 amide bonds. The van der Waals surface area contributed by atoms with E-state index >= 15 is 0 Å². The highest BCUT2D eigenvalue weighted by atomic mass is 16.4. The Labute approximate surface area is 167 Å². The van der Waals surface area contributed by atoms with Crippen LogP contribution in [0.5, 0.6) is 0 Å². The molecule has 0 unspecified atom stereocenters. The lowest BCUT2D eigenvalue weighted by atomic mass is 10.0. The lowest BCUT2D eigenvalue weighted by molar-refractivity contribution is 0.0971. The van der Waals surface area contributed by atoms with Gasteiger partial charge in [-0.3, -0.25) is 14.7 Å². The molecule has 0 saturated heterocycles. The molecule has 1 heterocycles. The van der Waals surface area contributed by atoms with Gasteiger partial charge in [-0.05, 0) is 29.5 Å². The average Bonchev–Trinajstić information content (AvgIpc) is 3.22. The second-order valence-corrected chi connectivity index (χ2v) is 6.63. The van der Waals surface area contributed by atoms with E-state index in [4.69, 9.17) is 5.11 Å². The summed E-state index contributed by atoms with van der Waals surface area (Å²) in [7, 11) is 0. The van der Waals surface area contributed by atoms with E-state index in [1.54, 1.807) is 24.5 Å². The third-order valence-electron chi connectivity index (χ3n) is 4.80. The average molecular weight is 385 g/mol. The van der Waals surface area contributed by atoms with Crippen molar-refractivity contribution in [3.63, 3.8) is 0 Å². The van der Waals surface area contributed by atoms with Crippen LogP contribution in [-0.4, -0.2) is 26.5 Å². The normalized spacial score (nSPS) is 10.8. The molecule has 2 N–H and O–H groups in total. The molecular formula is C23H19N3O3. The van der Waals surface area contributed by atoms with Crippen molar-refractivity contribution in [1.29, 1.82) is 0 Å². The highest BCUT2D eigenvalue weighted by Gasteiger charge is 2.16. The van der Waals surface area contributed by atoms with Crippen molar-refractivity contribution in [2.24, 2.45) is 0 Å². The van der Waals surface area contributed by atoms with Crippen LogP contribution < -0.4 is 5.32 Å². The highest BCUT2D eigenvalue weighted by Crippen LogP contribution is 2.24. The van der Waals surface area contributed by atoms with Crippen LogP contribution in [0.3, 0.4) is 0 Å². The van der Waals surface area contributed by atoms with Crippen LogP contribution in [0.1, 0.15) is 22.6 Å². The Morgan fingerprint density at radius 1 is 0.966 bits per heavy atom. The van der Waals surface area contributed by atoms with Crippen LogP contribution >= 0.6 is 0 Å². The molecule has 0 fully saturated rings. The quantitative estimate of drug-likeness (QED) is 0.461. The number of hydrogen-bond acceptors (Lipinski definition) is 3. The number of aryl methyl sites for hydroxylation is 1. The van der Waals surface area contributed by atoms with Gasteiger partial charge in [-0.15, -0.1) is 0 Å². The van der Waals surface area contributed by atoms with Gasteiger partial charge in [-0.2, -0.15) is 0 Å². The molecule has 4 aromatic rings. The Morgan fingerprint density at radius 2 is 1.72 bits per heavy atom. The number of hydrogen-bond donors (Lipinski definition) is 2. The van der Waals surface area contributed by atoms with Crippen molar-refractivity contribution in [1.82, 2.24) is 9.55 Å². The number of benzene rings is 3. The minimum Gasteiger partial charge on any atom is -0.465 e. The number of carbonyl (C=O) groups is 2. The summed E-state index contributed by atoms with van der Waals surface area (Å²) in [4.78, 5) is 28.2. The Balaban J connectivity index is 1.59. The van der Waals surface area contributed by atoms with Gasteiger partial charge in [0.2, 0.25) is 0 Å². The number of aromatic nitrogens is 2. The Morgan fingerprint density at radius 3 is 2.59 bits per heavy atom. The first-order chi connectivity index (χ1) is 14.1. The van der Waals surface area contributed by atoms with Gasteiger partial charge in [-0.1, -0.05) is 54.6 Å². The molecule has 0 spiro atoms. The topological polar surface area (TPSA) is 84.2 Å². The fraction of sp³-hybridized carbons (Fsp3) is 0.0870. The van der Waals surface area contributed by atoms with Crippen LogP contribution in [-0.2, 0) is 6.42 Å². The molecule has 0 bridgehead atoms. The van der Waals surface area contributed by atoms with Crippen molar-refractivity contribution < 1.29 is 14.7 Å². The summed E-state index contributed by atoms with van der Waals surface area (Å²) in [6.45, 7) is 0. The zero-order valence-corrected chi connectivity index (χ0v) is 15.6. The van der Waals surface area contributed by atoms with E-state index in [1.165, 1.54) is 0 Å². The standard InChI is InChI=1S/C23H19N3O3/c27-21(13-12-17-7-2-4-10-19(17)25-23(28)29)22-24-14-15-26(22)20-11-5-8-16-6-1-3-9-18(16)20/h1-11,14-15,25H,12-13H2,(H,28,29). The van der Waals surface area contributed by atoms with Gasteiger partial charge in [0.05, 0.1) is 5.69 Å². The van der Waals surface area contributed by atoms with Crippen molar-refractivity contribution >= 4 is 28.3 Å². The minimum absolute atomic E-state index is 0.104. The molecule has 0 aliphatic heterocycles. The molecule has 144 valence electrons. The van der Waals surface area contributed by atoms with Gasteiger partial charge < -0.3 is 5.11 Å². The first-order valence-electron chi connectivity index (χ1n) is 9.26. The lowest BCUT2D eigenvalue weighted by Crippen LogP contribution is -2.12. The number of imidazole rings is 1. The summed E-state index contributed by atoms with van der Waals surface area (Å²) in [5.41, 5.74) is 2.16. The number of carbonyl (C=O) groups excluding carboxylic acids is 1. The first-order valence-corrected chi connectivity index (χ1v) is 9.26. The van der Waals surface area contributed by atoms with Gasteiger partial charge in [0.1, 0.15) is 0 Å². The molecule has 29 heavy (non-hydrogen) atoms. The molecular weight excluding hydrogens is 366 g/mol. The van der Waals surface area contributed by atoms with E-state index in [0.717, 1.165) is 22.0 Å². The summed E-state index contributed by atoms with van der Waals surface area (Å²) in [6.07, 6.45) is 2.91. The van der Waals surface area contributed by atoms with E-state index in [1.807, 2.05) is 59.2 Å². The highest BCUT2D eigenvalue weighted by molar-refractivity contribution is 5.96. The van der Waals surface area contributed by atoms with E-state index < -0.39 is 6.09 Å². The van der Waals surface area contributed by atoms with E-state index in [0.29, 0.717) is 17.9 Å². The summed E-state index contributed by atoms with van der Waals surface area (Å²) < 4.78 is 1.81. The van der Waals surface area contributed by atoms with Gasteiger partial charge in [-0.25, -0.2) is 9.78 Å². The maximum atomic E-state index is 12.9. The van der Waals surface area contributed by atoms with Crippen molar-refractivity contribution in [2.75, 3.05) is 5.32 Å². The van der Waals surface area contributed by atoms with Crippen LogP contribution in [0.4, 0.5) is 10.5 Å². The molecule has 6 nitrogen and oxygen atoms in total. The molecule has 4 rings (SSSR count). The molecule has 0 saturated carbocycles. The number of nitrogens with one attached hydrogen (secondary N) is 1. The summed E-state index contributed by atoms with van der Waals surface area (Å²) in [5.74, 6) is 0.262. The lowest BCUT2D eigenvalue weighted by Gasteiger charge is -2.11. The van der Waals surface area contributed by atoms with Gasteiger partial charge in [0.25, 0.3) is 0 Å². The van der Waals surface area contributed by atoms with E-state index in [2.05, 4.69) is 10.3 Å². The summed E-state index contributed by atoms with van der Waals surface area (Å²) in [5, 5.41) is 13.5. The number of amides is 1. The number of para-hydroxylation sites is 1. The number of carboxylic acid groups (broad SMARTS) is 1. The van der Waals surface area contributed by atoms with Crippen LogP contribution in [0.25, 0.3) is 16.5 Å². The maximum absolute atomic E-state index is 12.9. The van der Waals surface area contributed by atoms with Crippen molar-refractivity contribution in [2.45, 2.75) is 12.8 Å². The third kappa shape index (κ3) is 3.87. The maximum Gasteiger partial charge on any atom is 0.409 e. The second kappa shape index (κ2) is 7.98. The van der Waals surface area contributed by atoms with Crippen LogP contribution in [0.2, 0.25) is 0 Å². The minimum atomic E-state index is -1.13. The monoisotopic (exact) mass is 385 g/mol. The molecule has 0 aliphatic carbocycles. The van der Waals surface area contributed by atoms with Gasteiger partial charge in [0, 0.05) is 29.9 Å². The Kier molecular flexibility index (Phi) is 5.07. The number of ketones is 1. The molecule has 0 atom stereocenters. The Hall–Kier alpha value is -3.93. The van der Waals surface area contributed by atoms with Crippen LogP contribution in [0.15, 0.2) is 79.1 Å². The Bertz CT molecular complexity index is 1190. The third-order valence-corrected chi connectivity index (χ3v) is 4.80. The van der Waals surface area contributed by atoms with Gasteiger partial charge in [0.15, 0.2) is 11.6 Å². The van der Waals surface area contributed by atoms with Crippen molar-refractivity contribution in [3.8, 4) is 5.69 Å². The number of fused-ring (bicyclic) bond motifs is 1.